The zero-order chi connectivity index (χ0) is 23.5. The van der Waals surface area contributed by atoms with Crippen molar-refractivity contribution in [2.24, 2.45) is 0 Å². The van der Waals surface area contributed by atoms with Gasteiger partial charge in [-0.3, -0.25) is 14.2 Å². The van der Waals surface area contributed by atoms with Gasteiger partial charge in [-0.25, -0.2) is 0 Å². The summed E-state index contributed by atoms with van der Waals surface area (Å²) in [6.07, 6.45) is 1.87. The van der Waals surface area contributed by atoms with Gasteiger partial charge in [-0.1, -0.05) is 18.2 Å². The van der Waals surface area contributed by atoms with Gasteiger partial charge < -0.3 is 19.5 Å². The molecule has 0 unspecified atom stereocenters. The first-order valence-corrected chi connectivity index (χ1v) is 10.4. The van der Waals surface area contributed by atoms with Crippen molar-refractivity contribution < 1.29 is 27.8 Å². The van der Waals surface area contributed by atoms with Crippen LogP contribution in [0.2, 0.25) is 0 Å². The number of carbonyl (C=O) groups excluding carboxylic acids is 1. The molecular formula is C21H23F2N3O5S. The lowest BCUT2D eigenvalue weighted by Gasteiger charge is -2.06. The minimum atomic E-state index is -3.02. The lowest BCUT2D eigenvalue weighted by atomic mass is 10.2. The van der Waals surface area contributed by atoms with E-state index in [9.17, 15) is 23.6 Å². The van der Waals surface area contributed by atoms with Crippen LogP contribution >= 0.6 is 11.3 Å². The SMILES string of the molecule is COCCCn1c(=C(C#N)C(=O)NCCOC)s/c(=C/c2ccccc2OC(F)F)c1=O. The number of thiazole rings is 1. The van der Waals surface area contributed by atoms with Crippen molar-refractivity contribution in [3.8, 4) is 11.8 Å². The average molecular weight is 467 g/mol. The summed E-state index contributed by atoms with van der Waals surface area (Å²) >= 11 is 0.926. The number of nitrogens with one attached hydrogen (secondary N) is 1. The maximum absolute atomic E-state index is 13.1. The Morgan fingerprint density at radius 3 is 2.66 bits per heavy atom. The van der Waals surface area contributed by atoms with Gasteiger partial charge in [0.2, 0.25) is 0 Å². The molecule has 2 aromatic rings. The number of alkyl halides is 2. The van der Waals surface area contributed by atoms with E-state index in [1.165, 1.54) is 43.1 Å². The summed E-state index contributed by atoms with van der Waals surface area (Å²) in [6.45, 7) is -2.00. The van der Waals surface area contributed by atoms with Crippen LogP contribution in [0, 0.1) is 11.3 Å². The van der Waals surface area contributed by atoms with E-state index in [0.29, 0.717) is 13.0 Å². The highest BCUT2D eigenvalue weighted by Gasteiger charge is 2.16. The second-order valence-corrected chi connectivity index (χ2v) is 7.40. The zero-order valence-electron chi connectivity index (χ0n) is 17.6. The summed E-state index contributed by atoms with van der Waals surface area (Å²) in [6, 6.07) is 7.90. The number of carbonyl (C=O) groups is 1. The molecule has 1 aromatic heterocycles. The molecule has 0 saturated heterocycles. The molecule has 8 nitrogen and oxygen atoms in total. The monoisotopic (exact) mass is 467 g/mol. The second kappa shape index (κ2) is 12.7. The normalized spacial score (nSPS) is 12.6. The fourth-order valence-corrected chi connectivity index (χ4v) is 3.89. The van der Waals surface area contributed by atoms with E-state index in [-0.39, 0.29) is 45.8 Å². The van der Waals surface area contributed by atoms with E-state index in [1.807, 2.05) is 6.07 Å². The van der Waals surface area contributed by atoms with Crippen LogP contribution in [-0.4, -0.2) is 51.1 Å². The van der Waals surface area contributed by atoms with Gasteiger partial charge in [0.15, 0.2) is 5.57 Å². The van der Waals surface area contributed by atoms with Gasteiger partial charge in [0, 0.05) is 39.5 Å². The molecule has 172 valence electrons. The summed E-state index contributed by atoms with van der Waals surface area (Å²) in [4.78, 5) is 25.6. The van der Waals surface area contributed by atoms with E-state index >= 15 is 0 Å². The second-order valence-electron chi connectivity index (χ2n) is 6.37. The molecule has 0 bridgehead atoms. The first-order valence-electron chi connectivity index (χ1n) is 9.58. The molecular weight excluding hydrogens is 444 g/mol. The number of hydrogen-bond acceptors (Lipinski definition) is 7. The molecule has 0 radical (unpaired) electrons. The first-order chi connectivity index (χ1) is 15.4. The number of benzene rings is 1. The third-order valence-electron chi connectivity index (χ3n) is 4.20. The number of methoxy groups -OCH3 is 2. The average Bonchev–Trinajstić information content (AvgIpc) is 3.05. The topological polar surface area (TPSA) is 103 Å². The van der Waals surface area contributed by atoms with Crippen LogP contribution in [0.25, 0.3) is 11.6 Å². The highest BCUT2D eigenvalue weighted by atomic mass is 32.1. The van der Waals surface area contributed by atoms with E-state index in [1.54, 1.807) is 6.07 Å². The van der Waals surface area contributed by atoms with E-state index in [2.05, 4.69) is 10.1 Å². The summed E-state index contributed by atoms with van der Waals surface area (Å²) in [7, 11) is 3.00. The Balaban J connectivity index is 2.65. The molecule has 0 aliphatic rings. The number of hydrogen-bond donors (Lipinski definition) is 1. The highest BCUT2D eigenvalue weighted by Crippen LogP contribution is 2.20. The Morgan fingerprint density at radius 1 is 1.28 bits per heavy atom. The molecule has 2 rings (SSSR count). The number of ether oxygens (including phenoxy) is 3. The molecule has 0 atom stereocenters. The maximum atomic E-state index is 13.1. The summed E-state index contributed by atoms with van der Waals surface area (Å²) in [5.41, 5.74) is -0.410. The Kier molecular flexibility index (Phi) is 10.0. The molecule has 0 aliphatic carbocycles. The smallest absolute Gasteiger partial charge is 0.387 e. The minimum Gasteiger partial charge on any atom is -0.434 e. The van der Waals surface area contributed by atoms with Crippen LogP contribution in [0.1, 0.15) is 12.0 Å². The molecule has 0 aliphatic heterocycles. The Morgan fingerprint density at radius 2 is 2.00 bits per heavy atom. The fourth-order valence-electron chi connectivity index (χ4n) is 2.77. The molecule has 1 aromatic carbocycles. The maximum Gasteiger partial charge on any atom is 0.387 e. The molecule has 32 heavy (non-hydrogen) atoms. The van der Waals surface area contributed by atoms with Crippen LogP contribution in [0.3, 0.4) is 0 Å². The Hall–Kier alpha value is -3.07. The van der Waals surface area contributed by atoms with Gasteiger partial charge >= 0.3 is 6.61 Å². The van der Waals surface area contributed by atoms with Gasteiger partial charge in [-0.05, 0) is 18.6 Å². The van der Waals surface area contributed by atoms with Crippen LogP contribution in [0.4, 0.5) is 8.78 Å². The van der Waals surface area contributed by atoms with Crippen LogP contribution < -0.4 is 24.8 Å². The van der Waals surface area contributed by atoms with E-state index in [0.717, 1.165) is 11.3 Å². The lowest BCUT2D eigenvalue weighted by molar-refractivity contribution is -0.115. The number of nitriles is 1. The Labute approximate surface area is 186 Å². The Bertz CT molecular complexity index is 1140. The van der Waals surface area contributed by atoms with Crippen LogP contribution in [0.15, 0.2) is 29.1 Å². The number of nitrogens with zero attached hydrogens (tertiary/aromatic N) is 2. The highest BCUT2D eigenvalue weighted by molar-refractivity contribution is 7.07. The summed E-state index contributed by atoms with van der Waals surface area (Å²) < 4.78 is 41.5. The minimum absolute atomic E-state index is 0.0930. The van der Waals surface area contributed by atoms with E-state index in [4.69, 9.17) is 9.47 Å². The lowest BCUT2D eigenvalue weighted by Crippen LogP contribution is -2.35. The van der Waals surface area contributed by atoms with Crippen molar-refractivity contribution in [2.75, 3.05) is 34.0 Å². The predicted molar refractivity (Wildman–Crippen MR) is 115 cm³/mol. The fraction of sp³-hybridized carbons (Fsp3) is 0.381. The predicted octanol–water partition coefficient (Wildman–Crippen LogP) is 0.813. The molecule has 0 saturated carbocycles. The standard InChI is InChI=1S/C21H23F2N3O5S/c1-29-10-5-9-26-19(28)17(12-14-6-3-4-7-16(14)31-21(22)23)32-20(26)15(13-24)18(27)25-8-11-30-2/h3-4,6-7,12,21H,5,8-11H2,1-2H3,(H,25,27)/b17-12+,20-15?. The van der Waals surface area contributed by atoms with Crippen LogP contribution in [-0.2, 0) is 20.8 Å². The summed E-state index contributed by atoms with van der Waals surface area (Å²) in [5.74, 6) is -0.733. The van der Waals surface area contributed by atoms with Gasteiger partial charge in [0.25, 0.3) is 11.5 Å². The van der Waals surface area contributed by atoms with Crippen molar-refractivity contribution in [3.63, 3.8) is 0 Å². The third-order valence-corrected chi connectivity index (χ3v) is 5.33. The number of halogens is 2. The zero-order valence-corrected chi connectivity index (χ0v) is 18.4. The largest absolute Gasteiger partial charge is 0.434 e. The molecule has 1 amide bonds. The molecule has 11 heteroatoms. The number of rotatable bonds is 11. The van der Waals surface area contributed by atoms with Gasteiger partial charge in [0.1, 0.15) is 16.5 Å². The van der Waals surface area contributed by atoms with Crippen LogP contribution in [0.5, 0.6) is 5.75 Å². The summed E-state index contributed by atoms with van der Waals surface area (Å²) in [5, 5.41) is 12.2. The van der Waals surface area contributed by atoms with Gasteiger partial charge in [-0.15, -0.1) is 11.3 Å². The molecule has 0 fully saturated rings. The van der Waals surface area contributed by atoms with E-state index < -0.39 is 18.1 Å². The van der Waals surface area contributed by atoms with Gasteiger partial charge in [0.05, 0.1) is 11.1 Å². The van der Waals surface area contributed by atoms with Gasteiger partial charge in [-0.2, -0.15) is 14.0 Å². The molecule has 0 spiro atoms. The quantitative estimate of drug-likeness (QED) is 0.491. The number of aromatic nitrogens is 1. The third kappa shape index (κ3) is 6.71. The van der Waals surface area contributed by atoms with Crippen molar-refractivity contribution in [1.29, 1.82) is 5.26 Å². The van der Waals surface area contributed by atoms with Crippen molar-refractivity contribution in [2.45, 2.75) is 19.6 Å². The molecule has 1 heterocycles. The number of amides is 1. The first kappa shape index (κ1) is 25.2. The van der Waals surface area contributed by atoms with Crippen molar-refractivity contribution in [3.05, 3.63) is 49.4 Å². The van der Waals surface area contributed by atoms with Crippen molar-refractivity contribution in [1.82, 2.24) is 9.88 Å². The van der Waals surface area contributed by atoms with Crippen molar-refractivity contribution >= 4 is 28.9 Å². The number of para-hydroxylation sites is 1. The molecule has 1 N–H and O–H groups in total.